The van der Waals surface area contributed by atoms with Gasteiger partial charge in [-0.1, -0.05) is 129 Å². The topological polar surface area (TPSA) is 38.7 Å². The van der Waals surface area contributed by atoms with Crippen LogP contribution in [0.25, 0.3) is 6.08 Å². The first-order chi connectivity index (χ1) is 19.2. The SMILES string of the molecule is C=C(CO[Si](c1ccccc1)(c1ccccc1)C(C)(C)C)C1=CCOC1CC/C(=C/c1cc(Br)ccc1O)CC. The Morgan fingerprint density at radius 3 is 2.25 bits per heavy atom. The number of hydrogen-bond acceptors (Lipinski definition) is 3. The Bertz CT molecular complexity index is 1320. The first kappa shape index (κ1) is 30.3. The lowest BCUT2D eigenvalue weighted by Gasteiger charge is -2.43. The highest BCUT2D eigenvalue weighted by atomic mass is 79.9. The molecule has 3 aromatic carbocycles. The second-order valence-corrected chi connectivity index (χ2v) is 16.7. The molecule has 0 fully saturated rings. The van der Waals surface area contributed by atoms with Crippen LogP contribution >= 0.6 is 15.9 Å². The highest BCUT2D eigenvalue weighted by Crippen LogP contribution is 2.38. The van der Waals surface area contributed by atoms with E-state index < -0.39 is 8.32 Å². The summed E-state index contributed by atoms with van der Waals surface area (Å²) in [5.74, 6) is 0.292. The van der Waals surface area contributed by atoms with Crippen molar-refractivity contribution in [3.63, 3.8) is 0 Å². The molecule has 0 amide bonds. The van der Waals surface area contributed by atoms with Crippen molar-refractivity contribution in [2.75, 3.05) is 13.2 Å². The standard InChI is InChI=1S/C35H41BrO3Si/c1-6-27(23-28-24-29(36)18-19-33(28)37)17-20-34-32(21-22-38-34)26(2)25-39-40(35(3,4)5,30-13-9-7-10-14-30)31-15-11-8-12-16-31/h7-16,18-19,21,23-24,34,37H,2,6,17,20,22,25H2,1,3-5H3/b27-23+. The minimum Gasteiger partial charge on any atom is -0.507 e. The predicted octanol–water partition coefficient (Wildman–Crippen LogP) is 8.19. The number of hydrogen-bond donors (Lipinski definition) is 1. The average molecular weight is 618 g/mol. The lowest BCUT2D eigenvalue weighted by atomic mass is 9.96. The Kier molecular flexibility index (Phi) is 10.1. The molecular weight excluding hydrogens is 576 g/mol. The lowest BCUT2D eigenvalue weighted by Crippen LogP contribution is -2.66. The molecule has 1 aliphatic heterocycles. The maximum atomic E-state index is 10.3. The van der Waals surface area contributed by atoms with Crippen molar-refractivity contribution in [3.8, 4) is 5.75 Å². The average Bonchev–Trinajstić information content (AvgIpc) is 3.42. The molecule has 0 spiro atoms. The van der Waals surface area contributed by atoms with Gasteiger partial charge >= 0.3 is 0 Å². The molecule has 1 atom stereocenters. The first-order valence-electron chi connectivity index (χ1n) is 14.1. The van der Waals surface area contributed by atoms with Gasteiger partial charge in [-0.3, -0.25) is 0 Å². The van der Waals surface area contributed by atoms with E-state index >= 15 is 0 Å². The van der Waals surface area contributed by atoms with E-state index in [-0.39, 0.29) is 11.1 Å². The van der Waals surface area contributed by atoms with Gasteiger partial charge in [0.05, 0.1) is 19.3 Å². The quantitative estimate of drug-likeness (QED) is 0.221. The van der Waals surface area contributed by atoms with E-state index in [1.807, 2.05) is 12.1 Å². The largest absolute Gasteiger partial charge is 0.507 e. The van der Waals surface area contributed by atoms with Gasteiger partial charge in [0, 0.05) is 10.0 Å². The van der Waals surface area contributed by atoms with E-state index in [0.29, 0.717) is 19.0 Å². The summed E-state index contributed by atoms with van der Waals surface area (Å²) >= 11 is 3.51. The van der Waals surface area contributed by atoms with Crippen LogP contribution in [0, 0.1) is 0 Å². The van der Waals surface area contributed by atoms with Crippen LogP contribution in [0.5, 0.6) is 5.75 Å². The van der Waals surface area contributed by atoms with Crippen LogP contribution in [-0.2, 0) is 9.16 Å². The van der Waals surface area contributed by atoms with Gasteiger partial charge in [0.25, 0.3) is 8.32 Å². The van der Waals surface area contributed by atoms with Crippen LogP contribution in [0.3, 0.4) is 0 Å². The molecule has 0 radical (unpaired) electrons. The van der Waals surface area contributed by atoms with Crippen LogP contribution in [-0.4, -0.2) is 32.7 Å². The molecular formula is C35H41BrO3Si. The third-order valence-corrected chi connectivity index (χ3v) is 13.2. The number of phenolic OH excluding ortho intramolecular Hbond substituents is 1. The number of aromatic hydroxyl groups is 1. The third-order valence-electron chi connectivity index (χ3n) is 7.77. The van der Waals surface area contributed by atoms with Gasteiger partial charge in [-0.25, -0.2) is 0 Å². The molecule has 1 N–H and O–H groups in total. The van der Waals surface area contributed by atoms with Crippen molar-refractivity contribution in [1.82, 2.24) is 0 Å². The van der Waals surface area contributed by atoms with Crippen LogP contribution in [0.4, 0.5) is 0 Å². The zero-order valence-electron chi connectivity index (χ0n) is 24.1. The number of ether oxygens (including phenoxy) is 1. The molecule has 1 unspecified atom stereocenters. The molecule has 1 aliphatic rings. The van der Waals surface area contributed by atoms with E-state index in [1.165, 1.54) is 15.9 Å². The molecule has 5 heteroatoms. The maximum absolute atomic E-state index is 10.3. The van der Waals surface area contributed by atoms with Crippen LogP contribution in [0.15, 0.2) is 113 Å². The number of rotatable bonds is 11. The van der Waals surface area contributed by atoms with Gasteiger partial charge in [-0.05, 0) is 64.0 Å². The summed E-state index contributed by atoms with van der Waals surface area (Å²) in [6, 6.07) is 27.0. The van der Waals surface area contributed by atoms with Crippen molar-refractivity contribution in [1.29, 1.82) is 0 Å². The summed E-state index contributed by atoms with van der Waals surface area (Å²) in [7, 11) is -2.65. The molecule has 0 aliphatic carbocycles. The van der Waals surface area contributed by atoms with Crippen LogP contribution < -0.4 is 10.4 Å². The summed E-state index contributed by atoms with van der Waals surface area (Å²) in [5.41, 5.74) is 4.25. The van der Waals surface area contributed by atoms with E-state index in [2.05, 4.69) is 123 Å². The number of halogens is 1. The minimum absolute atomic E-state index is 0.0127. The summed E-state index contributed by atoms with van der Waals surface area (Å²) in [4.78, 5) is 0. The first-order valence-corrected chi connectivity index (χ1v) is 16.8. The molecule has 0 saturated carbocycles. The highest BCUT2D eigenvalue weighted by Gasteiger charge is 2.50. The lowest BCUT2D eigenvalue weighted by molar-refractivity contribution is 0.115. The Morgan fingerprint density at radius 1 is 1.05 bits per heavy atom. The smallest absolute Gasteiger partial charge is 0.261 e. The van der Waals surface area contributed by atoms with Crippen molar-refractivity contribution in [3.05, 3.63) is 118 Å². The van der Waals surface area contributed by atoms with E-state index in [4.69, 9.17) is 9.16 Å². The number of allylic oxidation sites excluding steroid dienone is 1. The minimum atomic E-state index is -2.65. The molecule has 0 bridgehead atoms. The van der Waals surface area contributed by atoms with Gasteiger partial charge in [0.15, 0.2) is 0 Å². The Morgan fingerprint density at radius 2 is 1.68 bits per heavy atom. The molecule has 3 nitrogen and oxygen atoms in total. The molecule has 40 heavy (non-hydrogen) atoms. The van der Waals surface area contributed by atoms with Crippen molar-refractivity contribution >= 4 is 40.7 Å². The third kappa shape index (κ3) is 6.77. The Balaban J connectivity index is 1.52. The monoisotopic (exact) mass is 616 g/mol. The predicted molar refractivity (Wildman–Crippen MR) is 174 cm³/mol. The molecule has 0 saturated heterocycles. The summed E-state index contributed by atoms with van der Waals surface area (Å²) < 4.78 is 14.3. The summed E-state index contributed by atoms with van der Waals surface area (Å²) in [5, 5.41) is 12.7. The van der Waals surface area contributed by atoms with Gasteiger partial charge < -0.3 is 14.3 Å². The molecule has 210 valence electrons. The van der Waals surface area contributed by atoms with Gasteiger partial charge in [-0.2, -0.15) is 0 Å². The zero-order chi connectivity index (χ0) is 28.8. The maximum Gasteiger partial charge on any atom is 0.261 e. The number of benzene rings is 3. The fourth-order valence-electron chi connectivity index (χ4n) is 5.65. The molecule has 1 heterocycles. The highest BCUT2D eigenvalue weighted by molar-refractivity contribution is 9.10. The van der Waals surface area contributed by atoms with E-state index in [1.54, 1.807) is 6.07 Å². The van der Waals surface area contributed by atoms with Crippen LogP contribution in [0.2, 0.25) is 5.04 Å². The molecule has 4 rings (SSSR count). The van der Waals surface area contributed by atoms with E-state index in [9.17, 15) is 5.11 Å². The fraction of sp³-hybridized carbons (Fsp3) is 0.314. The van der Waals surface area contributed by atoms with Crippen molar-refractivity contribution in [2.24, 2.45) is 0 Å². The van der Waals surface area contributed by atoms with Crippen LogP contribution in [0.1, 0.15) is 52.5 Å². The second-order valence-electron chi connectivity index (χ2n) is 11.4. The van der Waals surface area contributed by atoms with Crippen molar-refractivity contribution in [2.45, 2.75) is 58.1 Å². The Labute approximate surface area is 249 Å². The normalized spacial score (nSPS) is 16.2. The Hall–Kier alpha value is -2.70. The summed E-state index contributed by atoms with van der Waals surface area (Å²) in [6.07, 6.45) is 6.90. The molecule has 3 aromatic rings. The number of phenols is 1. The van der Waals surface area contributed by atoms with Gasteiger partial charge in [0.1, 0.15) is 5.75 Å². The van der Waals surface area contributed by atoms with E-state index in [0.717, 1.165) is 40.4 Å². The van der Waals surface area contributed by atoms with Gasteiger partial charge in [0.2, 0.25) is 0 Å². The fourth-order valence-corrected chi connectivity index (χ4v) is 10.6. The zero-order valence-corrected chi connectivity index (χ0v) is 26.7. The van der Waals surface area contributed by atoms with Crippen molar-refractivity contribution < 1.29 is 14.3 Å². The molecule has 0 aromatic heterocycles. The second kappa shape index (κ2) is 13.3. The summed E-state index contributed by atoms with van der Waals surface area (Å²) in [6.45, 7) is 14.6. The van der Waals surface area contributed by atoms with Gasteiger partial charge in [-0.15, -0.1) is 0 Å².